The molecule has 0 spiro atoms. The fourth-order valence-electron chi connectivity index (χ4n) is 3.03. The molecule has 20 heavy (non-hydrogen) atoms. The molecule has 1 saturated carbocycles. The highest BCUT2D eigenvalue weighted by Gasteiger charge is 2.36. The molecule has 0 unspecified atom stereocenters. The van der Waals surface area contributed by atoms with Crippen molar-refractivity contribution in [1.82, 2.24) is 10.2 Å². The van der Waals surface area contributed by atoms with Crippen LogP contribution in [0.2, 0.25) is 0 Å². The summed E-state index contributed by atoms with van der Waals surface area (Å²) in [6.07, 6.45) is 2.46. The van der Waals surface area contributed by atoms with Gasteiger partial charge < -0.3 is 10.1 Å². The Bertz CT molecular complexity index is 445. The summed E-state index contributed by atoms with van der Waals surface area (Å²) in [6, 6.07) is 7.56. The fraction of sp³-hybridized carbons (Fsp3) is 0.600. The Balaban J connectivity index is 1.79. The Morgan fingerprint density at radius 3 is 2.60 bits per heavy atom. The lowest BCUT2D eigenvalue weighted by Gasteiger charge is -2.35. The molecule has 0 radical (unpaired) electrons. The first kappa shape index (κ1) is 13.8. The van der Waals surface area contributed by atoms with E-state index >= 15 is 0 Å². The average molecular weight is 282 g/mol. The van der Waals surface area contributed by atoms with Gasteiger partial charge in [0.05, 0.1) is 0 Å². The summed E-state index contributed by atoms with van der Waals surface area (Å²) in [5.74, 6) is 0.924. The van der Waals surface area contributed by atoms with Crippen molar-refractivity contribution in [2.24, 2.45) is 5.92 Å². The minimum atomic E-state index is -2.76. The molecular formula is C15H20F2N2O. The van der Waals surface area contributed by atoms with Crippen LogP contribution >= 0.6 is 0 Å². The lowest BCUT2D eigenvalue weighted by molar-refractivity contribution is -0.0499. The van der Waals surface area contributed by atoms with Crippen molar-refractivity contribution in [3.05, 3.63) is 29.8 Å². The van der Waals surface area contributed by atoms with Gasteiger partial charge in [-0.3, -0.25) is 4.90 Å². The van der Waals surface area contributed by atoms with Crippen LogP contribution < -0.4 is 10.1 Å². The molecular weight excluding hydrogens is 262 g/mol. The molecule has 0 amide bonds. The topological polar surface area (TPSA) is 24.5 Å². The van der Waals surface area contributed by atoms with Gasteiger partial charge in [0.25, 0.3) is 0 Å². The molecule has 1 N–H and O–H groups in total. The molecule has 2 fully saturated rings. The van der Waals surface area contributed by atoms with Gasteiger partial charge in [-0.25, -0.2) is 0 Å². The number of hydrogen-bond donors (Lipinski definition) is 1. The molecule has 5 heteroatoms. The fourth-order valence-corrected chi connectivity index (χ4v) is 3.03. The molecule has 2 aliphatic rings. The summed E-state index contributed by atoms with van der Waals surface area (Å²) >= 11 is 0. The number of nitrogens with zero attached hydrogens (tertiary/aromatic N) is 1. The molecule has 1 saturated heterocycles. The lowest BCUT2D eigenvalue weighted by Crippen LogP contribution is -2.45. The Labute approximate surface area is 117 Å². The Morgan fingerprint density at radius 2 is 1.95 bits per heavy atom. The zero-order chi connectivity index (χ0) is 13.9. The van der Waals surface area contributed by atoms with Gasteiger partial charge in [0, 0.05) is 32.2 Å². The smallest absolute Gasteiger partial charge is 0.387 e. The van der Waals surface area contributed by atoms with Crippen molar-refractivity contribution < 1.29 is 13.5 Å². The summed E-state index contributed by atoms with van der Waals surface area (Å²) in [6.45, 7) is 1.26. The van der Waals surface area contributed by atoms with Crippen molar-refractivity contribution in [3.63, 3.8) is 0 Å². The normalized spacial score (nSPS) is 21.9. The van der Waals surface area contributed by atoms with Crippen LogP contribution in [0.5, 0.6) is 5.75 Å². The number of nitrogens with one attached hydrogen (secondary N) is 1. The lowest BCUT2D eigenvalue weighted by atomic mass is 9.99. The quantitative estimate of drug-likeness (QED) is 0.898. The van der Waals surface area contributed by atoms with Crippen LogP contribution in [-0.4, -0.2) is 37.7 Å². The standard InChI is InChI=1S/C15H20F2N2O/c16-15(17)20-13-3-1-2-12(10-13)14(11-4-5-11)19-8-6-18-7-9-19/h1-3,10-11,14-15,18H,4-9H2/t14-/m1/s1. The SMILES string of the molecule is FC(F)Oc1cccc([C@@H](C2CC2)N2CCNCC2)c1. The molecule has 110 valence electrons. The van der Waals surface area contributed by atoms with E-state index in [-0.39, 0.29) is 5.75 Å². The van der Waals surface area contributed by atoms with E-state index in [1.165, 1.54) is 12.8 Å². The third-order valence-corrected chi connectivity index (χ3v) is 4.04. The highest BCUT2D eigenvalue weighted by Crippen LogP contribution is 2.45. The van der Waals surface area contributed by atoms with Gasteiger partial charge in [-0.15, -0.1) is 0 Å². The first-order valence-corrected chi connectivity index (χ1v) is 7.23. The van der Waals surface area contributed by atoms with Crippen molar-refractivity contribution in [2.75, 3.05) is 26.2 Å². The maximum absolute atomic E-state index is 12.3. The number of benzene rings is 1. The second-order valence-corrected chi connectivity index (χ2v) is 5.52. The monoisotopic (exact) mass is 282 g/mol. The van der Waals surface area contributed by atoms with Crippen LogP contribution in [-0.2, 0) is 0 Å². The summed E-state index contributed by atoms with van der Waals surface area (Å²) < 4.78 is 29.2. The second-order valence-electron chi connectivity index (χ2n) is 5.52. The molecule has 1 atom stereocenters. The zero-order valence-electron chi connectivity index (χ0n) is 11.4. The van der Waals surface area contributed by atoms with Gasteiger partial charge in [-0.1, -0.05) is 12.1 Å². The minimum absolute atomic E-state index is 0.262. The van der Waals surface area contributed by atoms with Crippen molar-refractivity contribution in [3.8, 4) is 5.75 Å². The van der Waals surface area contributed by atoms with Crippen LogP contribution in [0.1, 0.15) is 24.4 Å². The largest absolute Gasteiger partial charge is 0.435 e. The Kier molecular flexibility index (Phi) is 4.17. The minimum Gasteiger partial charge on any atom is -0.435 e. The number of rotatable bonds is 5. The van der Waals surface area contributed by atoms with E-state index in [1.807, 2.05) is 12.1 Å². The van der Waals surface area contributed by atoms with E-state index in [1.54, 1.807) is 12.1 Å². The van der Waals surface area contributed by atoms with E-state index in [9.17, 15) is 8.78 Å². The molecule has 3 nitrogen and oxygen atoms in total. The predicted octanol–water partition coefficient (Wildman–Crippen LogP) is 2.64. The van der Waals surface area contributed by atoms with Gasteiger partial charge in [0.1, 0.15) is 5.75 Å². The highest BCUT2D eigenvalue weighted by atomic mass is 19.3. The van der Waals surface area contributed by atoms with E-state index < -0.39 is 6.61 Å². The van der Waals surface area contributed by atoms with E-state index in [0.717, 1.165) is 31.7 Å². The molecule has 1 aliphatic heterocycles. The Hall–Kier alpha value is -1.20. The number of piperazine rings is 1. The van der Waals surface area contributed by atoms with E-state index in [4.69, 9.17) is 0 Å². The van der Waals surface area contributed by atoms with Crippen LogP contribution in [0.4, 0.5) is 8.78 Å². The van der Waals surface area contributed by atoms with Crippen LogP contribution in [0.25, 0.3) is 0 Å². The second kappa shape index (κ2) is 6.06. The molecule has 0 aromatic heterocycles. The van der Waals surface area contributed by atoms with Gasteiger partial charge in [0.15, 0.2) is 0 Å². The van der Waals surface area contributed by atoms with Crippen molar-refractivity contribution >= 4 is 0 Å². The molecule has 0 bridgehead atoms. The molecule has 1 heterocycles. The van der Waals surface area contributed by atoms with Gasteiger partial charge in [0.2, 0.25) is 0 Å². The van der Waals surface area contributed by atoms with Gasteiger partial charge in [-0.05, 0) is 36.5 Å². The number of alkyl halides is 2. The van der Waals surface area contributed by atoms with E-state index in [0.29, 0.717) is 12.0 Å². The molecule has 3 rings (SSSR count). The third-order valence-electron chi connectivity index (χ3n) is 4.04. The zero-order valence-corrected chi connectivity index (χ0v) is 11.4. The highest BCUT2D eigenvalue weighted by molar-refractivity contribution is 5.31. The van der Waals surface area contributed by atoms with Gasteiger partial charge in [-0.2, -0.15) is 8.78 Å². The van der Waals surface area contributed by atoms with Crippen LogP contribution in [0, 0.1) is 5.92 Å². The Morgan fingerprint density at radius 1 is 1.20 bits per heavy atom. The van der Waals surface area contributed by atoms with Crippen LogP contribution in [0.15, 0.2) is 24.3 Å². The summed E-state index contributed by atoms with van der Waals surface area (Å²) in [7, 11) is 0. The number of hydrogen-bond acceptors (Lipinski definition) is 3. The number of ether oxygens (including phenoxy) is 1. The summed E-state index contributed by atoms with van der Waals surface area (Å²) in [5, 5.41) is 3.35. The molecule has 1 aromatic carbocycles. The maximum Gasteiger partial charge on any atom is 0.387 e. The van der Waals surface area contributed by atoms with Crippen molar-refractivity contribution in [2.45, 2.75) is 25.5 Å². The molecule has 1 aromatic rings. The van der Waals surface area contributed by atoms with Crippen LogP contribution in [0.3, 0.4) is 0 Å². The third kappa shape index (κ3) is 3.27. The van der Waals surface area contributed by atoms with Crippen molar-refractivity contribution in [1.29, 1.82) is 0 Å². The first-order valence-electron chi connectivity index (χ1n) is 7.23. The summed E-state index contributed by atoms with van der Waals surface area (Å²) in [5.41, 5.74) is 1.10. The number of halogens is 2. The average Bonchev–Trinajstić information content (AvgIpc) is 3.25. The summed E-state index contributed by atoms with van der Waals surface area (Å²) in [4.78, 5) is 2.47. The maximum atomic E-state index is 12.3. The first-order chi connectivity index (χ1) is 9.74. The predicted molar refractivity (Wildman–Crippen MR) is 73.0 cm³/mol. The molecule has 1 aliphatic carbocycles. The van der Waals surface area contributed by atoms with E-state index in [2.05, 4.69) is 15.0 Å². The van der Waals surface area contributed by atoms with Gasteiger partial charge >= 0.3 is 6.61 Å².